The third-order valence-electron chi connectivity index (χ3n) is 5.32. The molecule has 5 rings (SSSR count). The first-order chi connectivity index (χ1) is 10.1. The van der Waals surface area contributed by atoms with E-state index >= 15 is 0 Å². The predicted molar refractivity (Wildman–Crippen MR) is 79.9 cm³/mol. The van der Waals surface area contributed by atoms with E-state index in [0.717, 1.165) is 17.8 Å². The number of hydrogen-bond donors (Lipinski definition) is 2. The molecule has 1 heterocycles. The van der Waals surface area contributed by atoms with Gasteiger partial charge in [0.2, 0.25) is 11.1 Å². The van der Waals surface area contributed by atoms with Crippen LogP contribution in [-0.4, -0.2) is 32.1 Å². The zero-order valence-corrected chi connectivity index (χ0v) is 12.8. The molecule has 6 nitrogen and oxygen atoms in total. The molecule has 4 saturated carbocycles. The fourth-order valence-electron chi connectivity index (χ4n) is 5.06. The van der Waals surface area contributed by atoms with E-state index in [0.29, 0.717) is 10.9 Å². The van der Waals surface area contributed by atoms with Crippen molar-refractivity contribution < 1.29 is 4.79 Å². The van der Waals surface area contributed by atoms with Gasteiger partial charge in [0.15, 0.2) is 0 Å². The molecule has 21 heavy (non-hydrogen) atoms. The number of nitrogens with zero attached hydrogens (tertiary/aromatic N) is 3. The Morgan fingerprint density at radius 1 is 1.33 bits per heavy atom. The summed E-state index contributed by atoms with van der Waals surface area (Å²) in [5, 5.41) is 11.5. The molecular formula is C14H21N5OS. The predicted octanol–water partition coefficient (Wildman–Crippen LogP) is 1.17. The average molecular weight is 307 g/mol. The number of thioether (sulfide) groups is 1. The van der Waals surface area contributed by atoms with Crippen LogP contribution in [0.5, 0.6) is 0 Å². The highest BCUT2D eigenvalue weighted by Gasteiger charge is 2.51. The minimum absolute atomic E-state index is 0.0861. The van der Waals surface area contributed by atoms with Crippen LogP contribution in [0.4, 0.5) is 0 Å². The highest BCUT2D eigenvalue weighted by molar-refractivity contribution is 7.99. The summed E-state index contributed by atoms with van der Waals surface area (Å²) in [4.78, 5) is 12.3. The summed E-state index contributed by atoms with van der Waals surface area (Å²) in [5.41, 5.74) is 0.0861. The molecule has 0 saturated heterocycles. The van der Waals surface area contributed by atoms with Crippen LogP contribution in [0.3, 0.4) is 0 Å². The van der Waals surface area contributed by atoms with Gasteiger partial charge >= 0.3 is 0 Å². The molecule has 1 aromatic heterocycles. The molecule has 0 aliphatic heterocycles. The molecule has 4 aliphatic carbocycles. The summed E-state index contributed by atoms with van der Waals surface area (Å²) in [7, 11) is 0. The van der Waals surface area contributed by atoms with Gasteiger partial charge in [0.05, 0.1) is 5.75 Å². The van der Waals surface area contributed by atoms with Crippen LogP contribution in [0.15, 0.2) is 11.5 Å². The van der Waals surface area contributed by atoms with Crippen molar-refractivity contribution in [1.82, 2.24) is 20.2 Å². The van der Waals surface area contributed by atoms with Crippen LogP contribution in [0.2, 0.25) is 0 Å². The first-order valence-electron chi connectivity index (χ1n) is 7.71. The zero-order valence-electron chi connectivity index (χ0n) is 12.0. The molecule has 1 amide bonds. The van der Waals surface area contributed by atoms with Crippen LogP contribution in [-0.2, 0) is 4.79 Å². The summed E-state index contributed by atoms with van der Waals surface area (Å²) in [6.45, 7) is 0. The van der Waals surface area contributed by atoms with E-state index in [-0.39, 0.29) is 11.4 Å². The van der Waals surface area contributed by atoms with Gasteiger partial charge in [0.1, 0.15) is 6.33 Å². The van der Waals surface area contributed by atoms with Crippen LogP contribution in [0.25, 0.3) is 0 Å². The summed E-state index contributed by atoms with van der Waals surface area (Å²) >= 11 is 1.34. The molecule has 0 aromatic carbocycles. The largest absolute Gasteiger partial charge is 0.350 e. The van der Waals surface area contributed by atoms with Crippen molar-refractivity contribution in [1.29, 1.82) is 0 Å². The van der Waals surface area contributed by atoms with Gasteiger partial charge in [-0.3, -0.25) is 4.79 Å². The number of hydrogen-bond acceptors (Lipinski definition) is 5. The molecule has 3 N–H and O–H groups in total. The second-order valence-corrected chi connectivity index (χ2v) is 8.00. The Morgan fingerprint density at radius 3 is 2.48 bits per heavy atom. The monoisotopic (exact) mass is 307 g/mol. The number of aromatic nitrogens is 3. The van der Waals surface area contributed by atoms with E-state index < -0.39 is 0 Å². The first-order valence-corrected chi connectivity index (χ1v) is 8.69. The van der Waals surface area contributed by atoms with E-state index in [2.05, 4.69) is 15.5 Å². The number of carbonyl (C=O) groups is 1. The van der Waals surface area contributed by atoms with Gasteiger partial charge in [-0.2, -0.15) is 0 Å². The molecule has 4 aliphatic rings. The van der Waals surface area contributed by atoms with Gasteiger partial charge in [-0.05, 0) is 56.3 Å². The third kappa shape index (κ3) is 2.52. The Kier molecular flexibility index (Phi) is 3.13. The topological polar surface area (TPSA) is 85.8 Å². The van der Waals surface area contributed by atoms with Crippen molar-refractivity contribution in [3.8, 4) is 0 Å². The molecule has 0 radical (unpaired) electrons. The SMILES string of the molecule is Nn1cnnc1SCC(=O)NC12CC3CC(CC(C3)C1)C2. The van der Waals surface area contributed by atoms with Crippen LogP contribution < -0.4 is 11.2 Å². The Morgan fingerprint density at radius 2 is 1.95 bits per heavy atom. The number of nitrogens with two attached hydrogens (primary N) is 1. The van der Waals surface area contributed by atoms with Gasteiger partial charge in [-0.15, -0.1) is 10.2 Å². The third-order valence-corrected chi connectivity index (χ3v) is 6.27. The molecule has 7 heteroatoms. The highest BCUT2D eigenvalue weighted by atomic mass is 32.2. The number of amides is 1. The summed E-state index contributed by atoms with van der Waals surface area (Å²) < 4.78 is 1.35. The van der Waals surface area contributed by atoms with Gasteiger partial charge in [-0.1, -0.05) is 11.8 Å². The fraction of sp³-hybridized carbons (Fsp3) is 0.786. The Bertz CT molecular complexity index is 522. The van der Waals surface area contributed by atoms with E-state index in [1.54, 1.807) is 0 Å². The van der Waals surface area contributed by atoms with Crippen molar-refractivity contribution >= 4 is 17.7 Å². The molecular weight excluding hydrogens is 286 g/mol. The standard InChI is InChI=1S/C14H21N5OS/c15-19-8-16-18-13(19)21-7-12(20)17-14-4-9-1-10(5-14)3-11(2-9)6-14/h8-11H,1-7,15H2,(H,17,20). The minimum atomic E-state index is 0.0861. The summed E-state index contributed by atoms with van der Waals surface area (Å²) in [6, 6.07) is 0. The number of rotatable bonds is 4. The normalized spacial score (nSPS) is 36.9. The average Bonchev–Trinajstić information content (AvgIpc) is 2.79. The maximum absolute atomic E-state index is 12.3. The molecule has 0 spiro atoms. The van der Waals surface area contributed by atoms with E-state index in [1.165, 1.54) is 61.3 Å². The molecule has 4 bridgehead atoms. The Balaban J connectivity index is 1.37. The number of carbonyl (C=O) groups excluding carboxylic acids is 1. The van der Waals surface area contributed by atoms with Gasteiger partial charge in [0, 0.05) is 5.54 Å². The molecule has 4 fully saturated rings. The van der Waals surface area contributed by atoms with Crippen molar-refractivity contribution in [3.05, 3.63) is 6.33 Å². The van der Waals surface area contributed by atoms with Crippen molar-refractivity contribution in [2.24, 2.45) is 17.8 Å². The Labute approximate surface area is 128 Å². The highest BCUT2D eigenvalue weighted by Crippen LogP contribution is 2.55. The quantitative estimate of drug-likeness (QED) is 0.644. The van der Waals surface area contributed by atoms with Crippen LogP contribution in [0, 0.1) is 17.8 Å². The maximum atomic E-state index is 12.3. The van der Waals surface area contributed by atoms with E-state index in [4.69, 9.17) is 5.84 Å². The molecule has 1 aromatic rings. The lowest BCUT2D eigenvalue weighted by molar-refractivity contribution is -0.124. The second-order valence-electron chi connectivity index (χ2n) is 7.06. The molecule has 114 valence electrons. The summed E-state index contributed by atoms with van der Waals surface area (Å²) in [6.07, 6.45) is 9.16. The zero-order chi connectivity index (χ0) is 14.4. The van der Waals surface area contributed by atoms with Crippen molar-refractivity contribution in [2.45, 2.75) is 49.2 Å². The minimum Gasteiger partial charge on any atom is -0.350 e. The number of nitrogen functional groups attached to an aromatic ring is 1. The lowest BCUT2D eigenvalue weighted by Gasteiger charge is -2.56. The van der Waals surface area contributed by atoms with Gasteiger partial charge < -0.3 is 11.2 Å². The van der Waals surface area contributed by atoms with Crippen molar-refractivity contribution in [2.75, 3.05) is 11.6 Å². The fourth-order valence-corrected chi connectivity index (χ4v) is 5.69. The number of nitrogens with one attached hydrogen (secondary N) is 1. The first kappa shape index (κ1) is 13.4. The molecule has 0 atom stereocenters. The van der Waals surface area contributed by atoms with E-state index in [9.17, 15) is 4.79 Å². The molecule has 0 unspecified atom stereocenters. The van der Waals surface area contributed by atoms with Crippen LogP contribution in [0.1, 0.15) is 38.5 Å². The summed E-state index contributed by atoms with van der Waals surface area (Å²) in [5.74, 6) is 8.65. The smallest absolute Gasteiger partial charge is 0.230 e. The lowest BCUT2D eigenvalue weighted by atomic mass is 9.53. The van der Waals surface area contributed by atoms with Crippen LogP contribution >= 0.6 is 11.8 Å². The van der Waals surface area contributed by atoms with Gasteiger partial charge in [-0.25, -0.2) is 4.68 Å². The lowest BCUT2D eigenvalue weighted by Crippen LogP contribution is -2.60. The van der Waals surface area contributed by atoms with Gasteiger partial charge in [0.25, 0.3) is 0 Å². The second kappa shape index (κ2) is 4.90. The van der Waals surface area contributed by atoms with E-state index in [1.807, 2.05) is 0 Å². The maximum Gasteiger partial charge on any atom is 0.230 e. The Hall–Kier alpha value is -1.24. The van der Waals surface area contributed by atoms with Crippen molar-refractivity contribution in [3.63, 3.8) is 0 Å².